The Kier molecular flexibility index (Phi) is 10.8. The molecule has 46 heavy (non-hydrogen) atoms. The van der Waals surface area contributed by atoms with Gasteiger partial charge in [-0.1, -0.05) is 60.9 Å². The third-order valence-corrected chi connectivity index (χ3v) is 11.4. The van der Waals surface area contributed by atoms with Gasteiger partial charge in [-0.15, -0.1) is 0 Å². The molecule has 246 valence electrons. The number of carbonyl (C=O) groups excluding carboxylic acids is 1. The van der Waals surface area contributed by atoms with Crippen LogP contribution in [0.5, 0.6) is 5.75 Å². The van der Waals surface area contributed by atoms with Crippen molar-refractivity contribution in [3.8, 4) is 11.4 Å². The van der Waals surface area contributed by atoms with Crippen molar-refractivity contribution in [2.24, 2.45) is 5.14 Å². The maximum atomic E-state index is 14.4. The normalized spacial score (nSPS) is 12.3. The number of halogens is 3. The Morgan fingerprint density at radius 2 is 1.76 bits per heavy atom. The Morgan fingerprint density at radius 1 is 1.04 bits per heavy atom. The number of carbonyl (C=O) groups is 1. The number of sulfonamides is 1. The predicted molar refractivity (Wildman–Crippen MR) is 175 cm³/mol. The molecule has 1 aromatic heterocycles. The van der Waals surface area contributed by atoms with Gasteiger partial charge in [0, 0.05) is 22.3 Å². The standard InChI is InChI=1S/C30H30Cl2FN3O7S3/c1-5-43-28(37)17-45(38,39)21-9-6-18(22(31)14-21)16-44-29-35-15-27(36(29)20-8-10-24(33)25(13-20)42-4)30(2,3)19-7-11-26(23(32)12-19)46(34,40)41/h6-15H,5,16-17H2,1-4H3,(H2,34,40,41). The smallest absolute Gasteiger partial charge is 0.321 e. The largest absolute Gasteiger partial charge is 0.494 e. The minimum Gasteiger partial charge on any atom is -0.494 e. The monoisotopic (exact) mass is 729 g/mol. The number of imidazole rings is 1. The summed E-state index contributed by atoms with van der Waals surface area (Å²) in [5, 5.41) is 5.91. The summed E-state index contributed by atoms with van der Waals surface area (Å²) in [5.41, 5.74) is 1.61. The van der Waals surface area contributed by atoms with Crippen molar-refractivity contribution in [2.45, 2.75) is 46.9 Å². The molecule has 10 nitrogen and oxygen atoms in total. The number of benzene rings is 3. The highest BCUT2D eigenvalue weighted by molar-refractivity contribution is 7.98. The Bertz CT molecular complexity index is 2020. The topological polar surface area (TPSA) is 148 Å². The van der Waals surface area contributed by atoms with Gasteiger partial charge in [0.25, 0.3) is 0 Å². The maximum absolute atomic E-state index is 14.4. The van der Waals surface area contributed by atoms with Crippen LogP contribution < -0.4 is 9.88 Å². The van der Waals surface area contributed by atoms with Gasteiger partial charge in [-0.3, -0.25) is 9.36 Å². The number of hydrogen-bond acceptors (Lipinski definition) is 9. The highest BCUT2D eigenvalue weighted by Gasteiger charge is 2.31. The molecule has 3 aromatic carbocycles. The van der Waals surface area contributed by atoms with Crippen LogP contribution >= 0.6 is 35.0 Å². The Hall–Kier alpha value is -3.14. The molecule has 0 radical (unpaired) electrons. The first-order chi connectivity index (χ1) is 21.5. The van der Waals surface area contributed by atoms with Crippen molar-refractivity contribution in [3.63, 3.8) is 0 Å². The Balaban J connectivity index is 1.74. The lowest BCUT2D eigenvalue weighted by atomic mass is 9.81. The van der Waals surface area contributed by atoms with Crippen LogP contribution in [0.3, 0.4) is 0 Å². The van der Waals surface area contributed by atoms with Crippen LogP contribution in [-0.2, 0) is 40.6 Å². The molecule has 16 heteroatoms. The summed E-state index contributed by atoms with van der Waals surface area (Å²) >= 11 is 14.1. The van der Waals surface area contributed by atoms with Gasteiger partial charge in [0.2, 0.25) is 10.0 Å². The summed E-state index contributed by atoms with van der Waals surface area (Å²) in [6.45, 7) is 5.43. The van der Waals surface area contributed by atoms with Crippen LogP contribution in [0.2, 0.25) is 10.0 Å². The number of hydrogen-bond donors (Lipinski definition) is 1. The molecule has 0 saturated carbocycles. The average molecular weight is 731 g/mol. The number of sulfone groups is 1. The van der Waals surface area contributed by atoms with E-state index in [4.69, 9.17) is 37.8 Å². The number of primary sulfonamides is 1. The number of thioether (sulfide) groups is 1. The predicted octanol–water partition coefficient (Wildman–Crippen LogP) is 5.93. The lowest BCUT2D eigenvalue weighted by Gasteiger charge is -2.28. The second-order valence-electron chi connectivity index (χ2n) is 10.5. The molecule has 0 amide bonds. The number of aromatic nitrogens is 2. The molecule has 2 N–H and O–H groups in total. The fourth-order valence-corrected chi connectivity index (χ4v) is 8.22. The highest BCUT2D eigenvalue weighted by Crippen LogP contribution is 2.39. The van der Waals surface area contributed by atoms with Gasteiger partial charge in [0.1, 0.15) is 4.90 Å². The SMILES string of the molecule is CCOC(=O)CS(=O)(=O)c1ccc(CSc2ncc(C(C)(C)c3ccc(S(N)(=O)=O)c(Cl)c3)n2-c2ccc(F)c(OC)c2)c(Cl)c1. The third kappa shape index (κ3) is 7.69. The van der Waals surface area contributed by atoms with E-state index in [0.717, 1.165) is 0 Å². The van der Waals surface area contributed by atoms with Gasteiger partial charge in [-0.2, -0.15) is 0 Å². The van der Waals surface area contributed by atoms with E-state index in [0.29, 0.717) is 27.7 Å². The number of nitrogens with two attached hydrogens (primary N) is 1. The third-order valence-electron chi connectivity index (χ3n) is 7.08. The second kappa shape index (κ2) is 13.9. The Morgan fingerprint density at radius 3 is 2.37 bits per heavy atom. The van der Waals surface area contributed by atoms with Crippen molar-refractivity contribution in [2.75, 3.05) is 19.5 Å². The number of ether oxygens (including phenoxy) is 2. The van der Waals surface area contributed by atoms with E-state index < -0.39 is 42.8 Å². The van der Waals surface area contributed by atoms with Crippen molar-refractivity contribution in [1.82, 2.24) is 9.55 Å². The minimum absolute atomic E-state index is 0.00844. The fourth-order valence-electron chi connectivity index (χ4n) is 4.60. The zero-order valence-electron chi connectivity index (χ0n) is 25.1. The molecule has 0 aliphatic rings. The molecule has 0 fully saturated rings. The van der Waals surface area contributed by atoms with Gasteiger partial charge in [0.15, 0.2) is 32.3 Å². The molecule has 0 aliphatic heterocycles. The molecule has 0 atom stereocenters. The van der Waals surface area contributed by atoms with E-state index in [-0.39, 0.29) is 37.9 Å². The molecule has 0 aliphatic carbocycles. The van der Waals surface area contributed by atoms with Crippen LogP contribution in [0.4, 0.5) is 4.39 Å². The van der Waals surface area contributed by atoms with E-state index in [2.05, 4.69) is 4.98 Å². The molecule has 0 spiro atoms. The molecule has 0 unspecified atom stereocenters. The van der Waals surface area contributed by atoms with Crippen molar-refractivity contribution < 1.29 is 35.5 Å². The van der Waals surface area contributed by atoms with E-state index in [9.17, 15) is 26.0 Å². The molecule has 4 rings (SSSR count). The van der Waals surface area contributed by atoms with Crippen LogP contribution in [0.15, 0.2) is 75.7 Å². The number of esters is 1. The zero-order chi connectivity index (χ0) is 34.0. The zero-order valence-corrected chi connectivity index (χ0v) is 29.0. The van der Waals surface area contributed by atoms with E-state index in [1.54, 1.807) is 35.9 Å². The first-order valence-electron chi connectivity index (χ1n) is 13.5. The minimum atomic E-state index is -4.04. The maximum Gasteiger partial charge on any atom is 0.321 e. The average Bonchev–Trinajstić information content (AvgIpc) is 3.40. The number of nitrogens with zero attached hydrogens (tertiary/aromatic N) is 2. The second-order valence-corrected chi connectivity index (χ2v) is 15.8. The molecule has 0 saturated heterocycles. The number of rotatable bonds is 12. The summed E-state index contributed by atoms with van der Waals surface area (Å²) in [6, 6.07) is 13.0. The van der Waals surface area contributed by atoms with Gasteiger partial charge in [-0.25, -0.2) is 31.3 Å². The van der Waals surface area contributed by atoms with Gasteiger partial charge in [0.05, 0.1) is 41.2 Å². The van der Waals surface area contributed by atoms with Gasteiger partial charge >= 0.3 is 5.97 Å². The molecule has 0 bridgehead atoms. The van der Waals surface area contributed by atoms with Crippen LogP contribution in [-0.4, -0.2) is 51.8 Å². The van der Waals surface area contributed by atoms with E-state index >= 15 is 0 Å². The lowest BCUT2D eigenvalue weighted by Crippen LogP contribution is -2.23. The molecular formula is C30H30Cl2FN3O7S3. The summed E-state index contributed by atoms with van der Waals surface area (Å²) in [7, 11) is -6.66. The van der Waals surface area contributed by atoms with Crippen LogP contribution in [0, 0.1) is 5.82 Å². The summed E-state index contributed by atoms with van der Waals surface area (Å²) in [5.74, 6) is -1.95. The van der Waals surface area contributed by atoms with Gasteiger partial charge in [-0.05, 0) is 54.4 Å². The van der Waals surface area contributed by atoms with E-state index in [1.807, 2.05) is 13.8 Å². The Labute approximate surface area is 281 Å². The first-order valence-corrected chi connectivity index (χ1v) is 18.5. The molecule has 1 heterocycles. The summed E-state index contributed by atoms with van der Waals surface area (Å²) in [6.07, 6.45) is 1.65. The summed E-state index contributed by atoms with van der Waals surface area (Å²) in [4.78, 5) is 16.1. The fraction of sp³-hybridized carbons (Fsp3) is 0.267. The van der Waals surface area contributed by atoms with Crippen molar-refractivity contribution >= 4 is 60.8 Å². The van der Waals surface area contributed by atoms with Gasteiger partial charge < -0.3 is 9.47 Å². The van der Waals surface area contributed by atoms with E-state index in [1.165, 1.54) is 55.3 Å². The summed E-state index contributed by atoms with van der Waals surface area (Å²) < 4.78 is 75.4. The number of methoxy groups -OCH3 is 1. The van der Waals surface area contributed by atoms with Crippen molar-refractivity contribution in [1.29, 1.82) is 0 Å². The highest BCUT2D eigenvalue weighted by atomic mass is 35.5. The van der Waals surface area contributed by atoms with Crippen LogP contribution in [0.25, 0.3) is 5.69 Å². The quantitative estimate of drug-likeness (QED) is 0.138. The lowest BCUT2D eigenvalue weighted by molar-refractivity contribution is -0.139. The van der Waals surface area contributed by atoms with Crippen LogP contribution in [0.1, 0.15) is 37.6 Å². The molecular weight excluding hydrogens is 700 g/mol. The first kappa shape index (κ1) is 35.7. The molecule has 4 aromatic rings. The van der Waals surface area contributed by atoms with Crippen molar-refractivity contribution in [3.05, 3.63) is 93.5 Å².